The van der Waals surface area contributed by atoms with Crippen molar-refractivity contribution >= 4 is 62.2 Å². The molecule has 2 aromatic heterocycles. The number of rotatable bonds is 5. The van der Waals surface area contributed by atoms with Gasteiger partial charge < -0.3 is 15.6 Å². The summed E-state index contributed by atoms with van der Waals surface area (Å²) in [6.07, 6.45) is 0. The standard InChI is InChI=1S/C21H18ClN5O4S2/c1-11-9-14-16(10-15(11)23-2)25-21(30)27(19(14)28)13-5-3-12(4-6-13)24-20(29)26-33(31)18-8-7-17(22)32-18/h3-10,23H,1-2H3,(H,25,30)(H2,24,26,29). The molecule has 170 valence electrons. The van der Waals surface area contributed by atoms with Gasteiger partial charge in [-0.2, -0.15) is 0 Å². The number of nitrogens with zero attached hydrogens (tertiary/aromatic N) is 1. The molecule has 12 heteroatoms. The Kier molecular flexibility index (Phi) is 6.36. The molecular weight excluding hydrogens is 486 g/mol. The number of halogens is 1. The number of amides is 2. The molecule has 1 unspecified atom stereocenters. The molecule has 0 saturated carbocycles. The van der Waals surface area contributed by atoms with Gasteiger partial charge in [-0.3, -0.25) is 9.52 Å². The molecule has 4 aromatic rings. The topological polar surface area (TPSA) is 125 Å². The second kappa shape index (κ2) is 9.22. The van der Waals surface area contributed by atoms with Gasteiger partial charge in [0.15, 0.2) is 11.0 Å². The lowest BCUT2D eigenvalue weighted by Gasteiger charge is -2.11. The molecule has 4 N–H and O–H groups in total. The minimum absolute atomic E-state index is 0.334. The first kappa shape index (κ1) is 22.8. The lowest BCUT2D eigenvalue weighted by atomic mass is 10.1. The highest BCUT2D eigenvalue weighted by Crippen LogP contribution is 2.23. The third kappa shape index (κ3) is 4.70. The number of aromatic amines is 1. The largest absolute Gasteiger partial charge is 0.388 e. The van der Waals surface area contributed by atoms with Gasteiger partial charge in [0.1, 0.15) is 4.21 Å². The third-order valence-electron chi connectivity index (χ3n) is 4.81. The molecule has 0 saturated heterocycles. The summed E-state index contributed by atoms with van der Waals surface area (Å²) in [5.41, 5.74) is 1.80. The Balaban J connectivity index is 1.56. The summed E-state index contributed by atoms with van der Waals surface area (Å²) < 4.78 is 16.4. The molecule has 2 aromatic carbocycles. The fourth-order valence-electron chi connectivity index (χ4n) is 3.26. The van der Waals surface area contributed by atoms with Gasteiger partial charge in [0, 0.05) is 18.4 Å². The van der Waals surface area contributed by atoms with Crippen molar-refractivity contribution in [3.63, 3.8) is 0 Å². The van der Waals surface area contributed by atoms with E-state index < -0.39 is 28.3 Å². The molecule has 0 aliphatic heterocycles. The number of aryl methyl sites for hydroxylation is 1. The van der Waals surface area contributed by atoms with Gasteiger partial charge in [-0.25, -0.2) is 18.4 Å². The molecule has 0 radical (unpaired) electrons. The van der Waals surface area contributed by atoms with Crippen LogP contribution in [0.4, 0.5) is 16.2 Å². The fraction of sp³-hybridized carbons (Fsp3) is 0.0952. The predicted molar refractivity (Wildman–Crippen MR) is 132 cm³/mol. The normalized spacial score (nSPS) is 11.8. The summed E-state index contributed by atoms with van der Waals surface area (Å²) in [6.45, 7) is 1.87. The first-order chi connectivity index (χ1) is 15.8. The van der Waals surface area contributed by atoms with E-state index in [2.05, 4.69) is 20.3 Å². The van der Waals surface area contributed by atoms with Crippen molar-refractivity contribution in [3.8, 4) is 5.69 Å². The van der Waals surface area contributed by atoms with Crippen LogP contribution in [0.25, 0.3) is 16.6 Å². The zero-order valence-electron chi connectivity index (χ0n) is 17.4. The van der Waals surface area contributed by atoms with E-state index in [4.69, 9.17) is 11.6 Å². The summed E-state index contributed by atoms with van der Waals surface area (Å²) in [5.74, 6) is 0. The third-order valence-corrected chi connectivity index (χ3v) is 7.41. The Morgan fingerprint density at radius 1 is 1.12 bits per heavy atom. The lowest BCUT2D eigenvalue weighted by molar-refractivity contribution is 0.257. The van der Waals surface area contributed by atoms with E-state index in [1.807, 2.05) is 6.92 Å². The lowest BCUT2D eigenvalue weighted by Crippen LogP contribution is -2.33. The molecule has 0 aliphatic carbocycles. The Morgan fingerprint density at radius 3 is 2.48 bits per heavy atom. The second-order valence-corrected chi connectivity index (χ2v) is 10.1. The number of carbonyl (C=O) groups excluding carboxylic acids is 1. The second-order valence-electron chi connectivity index (χ2n) is 6.96. The number of urea groups is 1. The van der Waals surface area contributed by atoms with E-state index in [0.717, 1.165) is 27.2 Å². The highest BCUT2D eigenvalue weighted by Gasteiger charge is 2.13. The van der Waals surface area contributed by atoms with Crippen molar-refractivity contribution in [3.05, 3.63) is 79.3 Å². The summed E-state index contributed by atoms with van der Waals surface area (Å²) in [5, 5.41) is 5.96. The molecule has 1 atom stereocenters. The zero-order valence-corrected chi connectivity index (χ0v) is 19.8. The molecule has 0 aliphatic rings. The van der Waals surface area contributed by atoms with E-state index in [9.17, 15) is 18.6 Å². The number of hydrogen-bond acceptors (Lipinski definition) is 6. The number of aromatic nitrogens is 2. The quantitative estimate of drug-likeness (QED) is 0.331. The van der Waals surface area contributed by atoms with E-state index in [1.165, 1.54) is 24.3 Å². The van der Waals surface area contributed by atoms with Crippen LogP contribution in [0, 0.1) is 6.92 Å². The fourth-order valence-corrected chi connectivity index (χ4v) is 5.38. The number of H-pyrrole nitrogens is 1. The molecule has 2 heterocycles. The van der Waals surface area contributed by atoms with Crippen molar-refractivity contribution in [2.45, 2.75) is 11.1 Å². The van der Waals surface area contributed by atoms with Crippen molar-refractivity contribution in [2.75, 3.05) is 17.7 Å². The number of anilines is 2. The summed E-state index contributed by atoms with van der Waals surface area (Å²) >= 11 is 6.92. The predicted octanol–water partition coefficient (Wildman–Crippen LogP) is 3.59. The van der Waals surface area contributed by atoms with Crippen LogP contribution in [0.2, 0.25) is 4.34 Å². The maximum atomic E-state index is 13.0. The zero-order chi connectivity index (χ0) is 23.7. The summed E-state index contributed by atoms with van der Waals surface area (Å²) in [7, 11) is 0.0147. The van der Waals surface area contributed by atoms with E-state index >= 15 is 0 Å². The Morgan fingerprint density at radius 2 is 1.85 bits per heavy atom. The van der Waals surface area contributed by atoms with Crippen LogP contribution in [0.3, 0.4) is 0 Å². The van der Waals surface area contributed by atoms with Gasteiger partial charge in [0.2, 0.25) is 0 Å². The molecule has 0 fully saturated rings. The maximum Gasteiger partial charge on any atom is 0.333 e. The number of thiophene rings is 1. The summed E-state index contributed by atoms with van der Waals surface area (Å²) in [6, 6.07) is 12.0. The molecule has 0 spiro atoms. The van der Waals surface area contributed by atoms with Crippen LogP contribution in [-0.2, 0) is 11.0 Å². The van der Waals surface area contributed by atoms with Crippen molar-refractivity contribution in [1.29, 1.82) is 0 Å². The molecule has 33 heavy (non-hydrogen) atoms. The van der Waals surface area contributed by atoms with Crippen molar-refractivity contribution in [1.82, 2.24) is 14.3 Å². The van der Waals surface area contributed by atoms with Gasteiger partial charge in [0.05, 0.1) is 20.9 Å². The van der Waals surface area contributed by atoms with Crippen LogP contribution in [-0.4, -0.2) is 26.8 Å². The van der Waals surface area contributed by atoms with Crippen LogP contribution >= 0.6 is 22.9 Å². The van der Waals surface area contributed by atoms with Crippen LogP contribution in [0.5, 0.6) is 0 Å². The number of benzene rings is 2. The van der Waals surface area contributed by atoms with Crippen LogP contribution in [0.1, 0.15) is 5.56 Å². The van der Waals surface area contributed by atoms with Gasteiger partial charge in [-0.15, -0.1) is 11.3 Å². The van der Waals surface area contributed by atoms with E-state index in [-0.39, 0.29) is 0 Å². The van der Waals surface area contributed by atoms with Gasteiger partial charge in [-0.1, -0.05) is 11.6 Å². The average molecular weight is 504 g/mol. The number of nitrogens with one attached hydrogen (secondary N) is 4. The van der Waals surface area contributed by atoms with Crippen molar-refractivity contribution in [2.24, 2.45) is 0 Å². The molecule has 4 rings (SSSR count). The van der Waals surface area contributed by atoms with Crippen molar-refractivity contribution < 1.29 is 9.00 Å². The smallest absolute Gasteiger partial charge is 0.333 e. The van der Waals surface area contributed by atoms with Gasteiger partial charge >= 0.3 is 11.7 Å². The maximum absolute atomic E-state index is 13.0. The number of fused-ring (bicyclic) bond motifs is 1. The monoisotopic (exact) mass is 503 g/mol. The Bertz CT molecular complexity index is 1510. The average Bonchev–Trinajstić information content (AvgIpc) is 3.21. The highest BCUT2D eigenvalue weighted by atomic mass is 35.5. The molecule has 9 nitrogen and oxygen atoms in total. The van der Waals surface area contributed by atoms with E-state index in [0.29, 0.717) is 30.8 Å². The number of hydrogen-bond donors (Lipinski definition) is 4. The van der Waals surface area contributed by atoms with E-state index in [1.54, 1.807) is 31.3 Å². The SMILES string of the molecule is CNc1cc2[nH]c(=O)n(-c3ccc(NC(=O)NS(=O)c4ccc(Cl)s4)cc3)c(=O)c2cc1C. The first-order valence-electron chi connectivity index (χ1n) is 9.59. The molecular formula is C21H18ClN5O4S2. The van der Waals surface area contributed by atoms with Gasteiger partial charge in [0.25, 0.3) is 5.56 Å². The minimum Gasteiger partial charge on any atom is -0.388 e. The Hall–Kier alpha value is -3.41. The van der Waals surface area contributed by atoms with Gasteiger partial charge in [-0.05, 0) is 61.0 Å². The highest BCUT2D eigenvalue weighted by molar-refractivity contribution is 7.86. The molecule has 0 bridgehead atoms. The minimum atomic E-state index is -1.75. The first-order valence-corrected chi connectivity index (χ1v) is 11.9. The van der Waals surface area contributed by atoms with Crippen LogP contribution < -0.4 is 26.6 Å². The molecule has 2 amide bonds. The van der Waals surface area contributed by atoms with Crippen LogP contribution in [0.15, 0.2) is 62.3 Å². The summed E-state index contributed by atoms with van der Waals surface area (Å²) in [4.78, 5) is 40.5. The number of carbonyl (C=O) groups is 1. The Labute approximate surface area is 199 Å².